The number of benzene rings is 1. The first-order valence-corrected chi connectivity index (χ1v) is 8.44. The molecule has 0 radical (unpaired) electrons. The Labute approximate surface area is 154 Å². The number of hydrogen-bond donors (Lipinski definition) is 0. The summed E-state index contributed by atoms with van der Waals surface area (Å²) in [6, 6.07) is 7.48. The summed E-state index contributed by atoms with van der Waals surface area (Å²) in [5.74, 6) is -0.757. The zero-order chi connectivity index (χ0) is 19.0. The summed E-state index contributed by atoms with van der Waals surface area (Å²) in [4.78, 5) is 28.5. The highest BCUT2D eigenvalue weighted by atomic mass is 19.1. The summed E-state index contributed by atoms with van der Waals surface area (Å²) >= 11 is 0. The molecule has 138 valence electrons. The van der Waals surface area contributed by atoms with E-state index < -0.39 is 0 Å². The molecular formula is C19H17FN4O3. The molecule has 0 spiro atoms. The van der Waals surface area contributed by atoms with Crippen molar-refractivity contribution in [2.45, 2.75) is 0 Å². The van der Waals surface area contributed by atoms with Gasteiger partial charge in [-0.1, -0.05) is 12.1 Å². The third kappa shape index (κ3) is 3.21. The molecule has 0 aliphatic carbocycles. The molecule has 4 rings (SSSR count). The lowest BCUT2D eigenvalue weighted by Crippen LogP contribution is -2.52. The molecule has 1 saturated heterocycles. The van der Waals surface area contributed by atoms with Crippen LogP contribution < -0.4 is 4.90 Å². The van der Waals surface area contributed by atoms with E-state index in [1.54, 1.807) is 47.2 Å². The van der Waals surface area contributed by atoms with Gasteiger partial charge in [-0.05, 0) is 23.8 Å². The fourth-order valence-electron chi connectivity index (χ4n) is 3.14. The first kappa shape index (κ1) is 17.0. The summed E-state index contributed by atoms with van der Waals surface area (Å²) in [6.45, 7) is 0.711. The van der Waals surface area contributed by atoms with E-state index >= 15 is 0 Å². The molecule has 1 fully saturated rings. The molecule has 1 aromatic carbocycles. The third-order valence-electron chi connectivity index (χ3n) is 4.53. The van der Waals surface area contributed by atoms with Gasteiger partial charge >= 0.3 is 0 Å². The van der Waals surface area contributed by atoms with Crippen LogP contribution in [0.4, 0.5) is 10.1 Å². The zero-order valence-electron chi connectivity index (χ0n) is 14.6. The van der Waals surface area contributed by atoms with Crippen LogP contribution in [-0.4, -0.2) is 46.1 Å². The second kappa shape index (κ2) is 6.71. The first-order valence-electron chi connectivity index (χ1n) is 8.44. The molecule has 3 aromatic rings. The largest absolute Gasteiger partial charge is 0.459 e. The van der Waals surface area contributed by atoms with Crippen LogP contribution in [0.2, 0.25) is 0 Å². The standard InChI is InChI=1S/C19H17FN4O3/c1-22-11-15(10-21-22)24-8-7-23(12-17(24)25)19(26)18-16(6-9-27-18)13-2-4-14(20)5-3-13/h2-6,9-11H,7-8,12H2,1H3. The quantitative estimate of drug-likeness (QED) is 0.711. The minimum absolute atomic E-state index is 0.0444. The normalized spacial score (nSPS) is 14.7. The van der Waals surface area contributed by atoms with E-state index in [1.807, 2.05) is 0 Å². The van der Waals surface area contributed by atoms with Gasteiger partial charge in [0.05, 0.1) is 18.1 Å². The number of aryl methyl sites for hydroxylation is 1. The van der Waals surface area contributed by atoms with Gasteiger partial charge < -0.3 is 14.2 Å². The summed E-state index contributed by atoms with van der Waals surface area (Å²) in [6.07, 6.45) is 4.79. The van der Waals surface area contributed by atoms with Gasteiger partial charge in [-0.2, -0.15) is 5.10 Å². The number of anilines is 1. The molecule has 2 aromatic heterocycles. The maximum atomic E-state index is 13.2. The molecule has 0 N–H and O–H groups in total. The molecule has 1 aliphatic heterocycles. The smallest absolute Gasteiger partial charge is 0.290 e. The van der Waals surface area contributed by atoms with Crippen LogP contribution in [0.3, 0.4) is 0 Å². The lowest BCUT2D eigenvalue weighted by atomic mass is 10.1. The van der Waals surface area contributed by atoms with Crippen molar-refractivity contribution < 1.29 is 18.4 Å². The van der Waals surface area contributed by atoms with Crippen molar-refractivity contribution in [2.24, 2.45) is 7.05 Å². The number of rotatable bonds is 3. The fourth-order valence-corrected chi connectivity index (χ4v) is 3.14. The lowest BCUT2D eigenvalue weighted by molar-refractivity contribution is -0.120. The molecule has 3 heterocycles. The van der Waals surface area contributed by atoms with Gasteiger partial charge in [0.2, 0.25) is 5.91 Å². The number of carbonyl (C=O) groups excluding carboxylic acids is 2. The van der Waals surface area contributed by atoms with Crippen molar-refractivity contribution in [1.29, 1.82) is 0 Å². The number of carbonyl (C=O) groups is 2. The van der Waals surface area contributed by atoms with Crippen molar-refractivity contribution in [3.8, 4) is 11.1 Å². The van der Waals surface area contributed by atoms with E-state index in [0.717, 1.165) is 0 Å². The summed E-state index contributed by atoms with van der Waals surface area (Å²) < 4.78 is 20.2. The Hall–Kier alpha value is -3.42. The monoisotopic (exact) mass is 368 g/mol. The molecule has 27 heavy (non-hydrogen) atoms. The average Bonchev–Trinajstić information content (AvgIpc) is 3.31. The Bertz CT molecular complexity index is 993. The topological polar surface area (TPSA) is 71.6 Å². The van der Waals surface area contributed by atoms with E-state index in [2.05, 4.69) is 5.10 Å². The zero-order valence-corrected chi connectivity index (χ0v) is 14.6. The van der Waals surface area contributed by atoms with Crippen LogP contribution in [0.5, 0.6) is 0 Å². The fraction of sp³-hybridized carbons (Fsp3) is 0.211. The van der Waals surface area contributed by atoms with Gasteiger partial charge in [0.1, 0.15) is 12.4 Å². The molecule has 0 unspecified atom stereocenters. The van der Waals surface area contributed by atoms with Crippen LogP contribution in [0.25, 0.3) is 11.1 Å². The van der Waals surface area contributed by atoms with Crippen LogP contribution in [0.1, 0.15) is 10.6 Å². The SMILES string of the molecule is Cn1cc(N2CCN(C(=O)c3occc3-c3ccc(F)cc3)CC2=O)cn1. The van der Waals surface area contributed by atoms with Gasteiger partial charge in [0, 0.05) is 31.9 Å². The predicted molar refractivity (Wildman–Crippen MR) is 95.6 cm³/mol. The van der Waals surface area contributed by atoms with Crippen molar-refractivity contribution in [3.05, 3.63) is 60.6 Å². The van der Waals surface area contributed by atoms with Crippen LogP contribution in [0.15, 0.2) is 53.4 Å². The van der Waals surface area contributed by atoms with Crippen molar-refractivity contribution in [2.75, 3.05) is 24.5 Å². The van der Waals surface area contributed by atoms with Crippen molar-refractivity contribution in [3.63, 3.8) is 0 Å². The summed E-state index contributed by atoms with van der Waals surface area (Å²) in [5.41, 5.74) is 1.95. The van der Waals surface area contributed by atoms with Crippen molar-refractivity contribution >= 4 is 17.5 Å². The molecular weight excluding hydrogens is 351 g/mol. The number of amides is 2. The van der Waals surface area contributed by atoms with E-state index in [-0.39, 0.29) is 29.9 Å². The summed E-state index contributed by atoms with van der Waals surface area (Å²) in [7, 11) is 1.78. The molecule has 0 saturated carbocycles. The maximum absolute atomic E-state index is 13.2. The number of furan rings is 1. The average molecular weight is 368 g/mol. The third-order valence-corrected chi connectivity index (χ3v) is 4.53. The van der Waals surface area contributed by atoms with Gasteiger partial charge in [-0.25, -0.2) is 4.39 Å². The maximum Gasteiger partial charge on any atom is 0.290 e. The minimum atomic E-state index is -0.362. The Morgan fingerprint density at radius 3 is 2.63 bits per heavy atom. The van der Waals surface area contributed by atoms with E-state index in [1.165, 1.54) is 23.3 Å². The van der Waals surface area contributed by atoms with Crippen LogP contribution >= 0.6 is 0 Å². The summed E-state index contributed by atoms with van der Waals surface area (Å²) in [5, 5.41) is 4.07. The number of aromatic nitrogens is 2. The Balaban J connectivity index is 1.52. The highest BCUT2D eigenvalue weighted by Crippen LogP contribution is 2.27. The second-order valence-electron chi connectivity index (χ2n) is 6.31. The van der Waals surface area contributed by atoms with Gasteiger partial charge in [0.15, 0.2) is 5.76 Å². The Morgan fingerprint density at radius 2 is 1.96 bits per heavy atom. The molecule has 0 atom stereocenters. The highest BCUT2D eigenvalue weighted by Gasteiger charge is 2.31. The highest BCUT2D eigenvalue weighted by molar-refractivity contribution is 6.03. The van der Waals surface area contributed by atoms with Gasteiger partial charge in [0.25, 0.3) is 5.91 Å². The van der Waals surface area contributed by atoms with Crippen molar-refractivity contribution in [1.82, 2.24) is 14.7 Å². The van der Waals surface area contributed by atoms with Gasteiger partial charge in [-0.15, -0.1) is 0 Å². The minimum Gasteiger partial charge on any atom is -0.459 e. The number of piperazine rings is 1. The second-order valence-corrected chi connectivity index (χ2v) is 6.31. The lowest BCUT2D eigenvalue weighted by Gasteiger charge is -2.33. The number of halogens is 1. The van der Waals surface area contributed by atoms with Gasteiger partial charge in [-0.3, -0.25) is 14.3 Å². The molecule has 2 amide bonds. The Morgan fingerprint density at radius 1 is 1.19 bits per heavy atom. The van der Waals surface area contributed by atoms with Crippen LogP contribution in [0, 0.1) is 5.82 Å². The molecule has 8 heteroatoms. The Kier molecular flexibility index (Phi) is 4.23. The van der Waals surface area contributed by atoms with E-state index in [4.69, 9.17) is 4.42 Å². The molecule has 1 aliphatic rings. The van der Waals surface area contributed by atoms with Crippen LogP contribution in [-0.2, 0) is 11.8 Å². The van der Waals surface area contributed by atoms with E-state index in [0.29, 0.717) is 29.9 Å². The number of nitrogens with zero attached hydrogens (tertiary/aromatic N) is 4. The molecule has 0 bridgehead atoms. The first-order chi connectivity index (χ1) is 13.0. The number of hydrogen-bond acceptors (Lipinski definition) is 4. The molecule has 7 nitrogen and oxygen atoms in total. The predicted octanol–water partition coefficient (Wildman–Crippen LogP) is 2.31. The van der Waals surface area contributed by atoms with E-state index in [9.17, 15) is 14.0 Å².